The molecule has 5 aliphatic rings. The number of thioether (sulfide) groups is 1. The van der Waals surface area contributed by atoms with Crippen molar-refractivity contribution >= 4 is 29.5 Å². The van der Waals surface area contributed by atoms with Gasteiger partial charge in [0.2, 0.25) is 17.7 Å². The third-order valence-corrected chi connectivity index (χ3v) is 11.3. The molecule has 6 atom stereocenters. The molecule has 5 rings (SSSR count). The van der Waals surface area contributed by atoms with Crippen molar-refractivity contribution in [1.82, 2.24) is 14.7 Å². The molecule has 1 spiro atoms. The van der Waals surface area contributed by atoms with Gasteiger partial charge in [-0.2, -0.15) is 0 Å². The Hall–Kier alpha value is -1.80. The molecule has 4 aliphatic heterocycles. The Bertz CT molecular complexity index is 1010. The first kappa shape index (κ1) is 27.8. The molecule has 38 heavy (non-hydrogen) atoms. The van der Waals surface area contributed by atoms with Gasteiger partial charge >= 0.3 is 0 Å². The highest BCUT2D eigenvalue weighted by atomic mass is 32.2. The molecule has 7 nitrogen and oxygen atoms in total. The summed E-state index contributed by atoms with van der Waals surface area (Å²) in [6.45, 7) is 9.86. The number of amides is 3. The van der Waals surface area contributed by atoms with Gasteiger partial charge in [0, 0.05) is 30.4 Å². The van der Waals surface area contributed by atoms with E-state index in [9.17, 15) is 19.5 Å². The van der Waals surface area contributed by atoms with E-state index in [0.29, 0.717) is 26.1 Å². The molecular weight excluding hydrogens is 498 g/mol. The summed E-state index contributed by atoms with van der Waals surface area (Å²) < 4.78 is -1.42. The van der Waals surface area contributed by atoms with Crippen LogP contribution in [-0.2, 0) is 14.4 Å². The summed E-state index contributed by atoms with van der Waals surface area (Å²) >= 11 is 1.64. The lowest BCUT2D eigenvalue weighted by Crippen LogP contribution is -2.58. The van der Waals surface area contributed by atoms with Crippen molar-refractivity contribution in [1.29, 1.82) is 0 Å². The Morgan fingerprint density at radius 3 is 2.37 bits per heavy atom. The predicted molar refractivity (Wildman–Crippen MR) is 150 cm³/mol. The third-order valence-electron chi connectivity index (χ3n) is 9.47. The van der Waals surface area contributed by atoms with Crippen molar-refractivity contribution in [3.05, 3.63) is 24.3 Å². The maximum absolute atomic E-state index is 14.6. The standard InChI is InChI=1S/C30H45N3O4S/c1-5-15-31-16-9-13-29(4)23(26(31)35)24-27(36)33(22(19-34)18-20(2)3)25-28(37)32(21-11-7-6-8-12-21)17-10-14-30(24,25)38-29/h9-10,13-14,20-25,34H,5-8,11-12,15-19H2,1-4H3/t22-,23+,24+,25?,29-,30+/m1/s1. The quantitative estimate of drug-likeness (QED) is 0.496. The van der Waals surface area contributed by atoms with E-state index >= 15 is 0 Å². The van der Waals surface area contributed by atoms with E-state index < -0.39 is 33.4 Å². The SMILES string of the molecule is CCCN1CC=C[C@@]2(C)S[C@]34C=CCN(C5CCCCC5)C(=O)C3N([C@@H](CO)CC(C)C)C(=O)[C@@H]4[C@H]2C1=O. The van der Waals surface area contributed by atoms with Crippen LogP contribution >= 0.6 is 11.8 Å². The fraction of sp³-hybridized carbons (Fsp3) is 0.767. The van der Waals surface area contributed by atoms with Crippen LogP contribution in [0.3, 0.4) is 0 Å². The molecule has 1 unspecified atom stereocenters. The summed E-state index contributed by atoms with van der Waals surface area (Å²) in [5.74, 6) is -1.06. The molecule has 0 aromatic carbocycles. The highest BCUT2D eigenvalue weighted by Crippen LogP contribution is 2.66. The zero-order chi connectivity index (χ0) is 27.2. The monoisotopic (exact) mass is 543 g/mol. The number of hydrogen-bond donors (Lipinski definition) is 1. The summed E-state index contributed by atoms with van der Waals surface area (Å²) in [7, 11) is 0. The molecule has 1 N–H and O–H groups in total. The molecule has 3 amide bonds. The second kappa shape index (κ2) is 10.6. The maximum Gasteiger partial charge on any atom is 0.247 e. The molecule has 8 heteroatoms. The largest absolute Gasteiger partial charge is 0.394 e. The number of aliphatic hydroxyl groups excluding tert-OH is 1. The van der Waals surface area contributed by atoms with E-state index in [1.165, 1.54) is 6.42 Å². The van der Waals surface area contributed by atoms with Gasteiger partial charge in [-0.15, -0.1) is 11.8 Å². The molecule has 3 fully saturated rings. The Morgan fingerprint density at radius 2 is 1.71 bits per heavy atom. The van der Waals surface area contributed by atoms with E-state index in [4.69, 9.17) is 0 Å². The minimum Gasteiger partial charge on any atom is -0.394 e. The molecule has 0 bridgehead atoms. The number of hydrogen-bond acceptors (Lipinski definition) is 5. The van der Waals surface area contributed by atoms with Gasteiger partial charge in [-0.05, 0) is 38.5 Å². The summed E-state index contributed by atoms with van der Waals surface area (Å²) in [5, 5.41) is 10.5. The number of carbonyl (C=O) groups is 3. The Balaban J connectivity index is 1.63. The van der Waals surface area contributed by atoms with Crippen LogP contribution in [0, 0.1) is 17.8 Å². The van der Waals surface area contributed by atoms with Crippen molar-refractivity contribution in [3.63, 3.8) is 0 Å². The van der Waals surface area contributed by atoms with Crippen LogP contribution in [0.2, 0.25) is 0 Å². The fourth-order valence-electron chi connectivity index (χ4n) is 7.93. The van der Waals surface area contributed by atoms with Gasteiger partial charge in [0.25, 0.3) is 0 Å². The van der Waals surface area contributed by atoms with Crippen molar-refractivity contribution in [2.75, 3.05) is 26.2 Å². The molecule has 0 radical (unpaired) electrons. The molecule has 1 aliphatic carbocycles. The molecule has 1 saturated carbocycles. The summed E-state index contributed by atoms with van der Waals surface area (Å²) in [6.07, 6.45) is 15.3. The zero-order valence-corrected chi connectivity index (χ0v) is 24.3. The highest BCUT2D eigenvalue weighted by molar-refractivity contribution is 8.02. The van der Waals surface area contributed by atoms with Crippen LogP contribution in [0.5, 0.6) is 0 Å². The van der Waals surface area contributed by atoms with Gasteiger partial charge < -0.3 is 19.8 Å². The highest BCUT2D eigenvalue weighted by Gasteiger charge is 2.74. The van der Waals surface area contributed by atoms with E-state index in [1.807, 2.05) is 9.80 Å². The maximum atomic E-state index is 14.6. The zero-order valence-electron chi connectivity index (χ0n) is 23.5. The van der Waals surface area contributed by atoms with Gasteiger partial charge in [0.1, 0.15) is 6.04 Å². The van der Waals surface area contributed by atoms with Crippen LogP contribution in [0.25, 0.3) is 0 Å². The van der Waals surface area contributed by atoms with Gasteiger partial charge in [-0.3, -0.25) is 14.4 Å². The van der Waals surface area contributed by atoms with Gasteiger partial charge in [-0.1, -0.05) is 64.3 Å². The average molecular weight is 544 g/mol. The van der Waals surface area contributed by atoms with Crippen molar-refractivity contribution in [3.8, 4) is 0 Å². The van der Waals surface area contributed by atoms with Crippen LogP contribution in [0.1, 0.15) is 72.6 Å². The van der Waals surface area contributed by atoms with Gasteiger partial charge in [-0.25, -0.2) is 0 Å². The number of nitrogens with zero attached hydrogens (tertiary/aromatic N) is 3. The molecule has 0 aromatic heterocycles. The summed E-state index contributed by atoms with van der Waals surface area (Å²) in [4.78, 5) is 49.0. The predicted octanol–water partition coefficient (Wildman–Crippen LogP) is 3.62. The first-order chi connectivity index (χ1) is 18.2. The molecule has 2 saturated heterocycles. The minimum atomic E-state index is -0.837. The molecule has 0 aromatic rings. The van der Waals surface area contributed by atoms with Crippen LogP contribution in [0.15, 0.2) is 24.3 Å². The topological polar surface area (TPSA) is 81.2 Å². The summed E-state index contributed by atoms with van der Waals surface area (Å²) in [5.41, 5.74) is 0. The second-order valence-electron chi connectivity index (χ2n) is 12.6. The van der Waals surface area contributed by atoms with Gasteiger partial charge in [0.15, 0.2) is 0 Å². The number of rotatable bonds is 7. The van der Waals surface area contributed by atoms with Crippen molar-refractivity contribution in [2.24, 2.45) is 17.8 Å². The number of fused-ring (bicyclic) bond motifs is 2. The lowest BCUT2D eigenvalue weighted by Gasteiger charge is -2.42. The number of likely N-dealkylation sites (tertiary alicyclic amines) is 1. The van der Waals surface area contributed by atoms with Crippen molar-refractivity contribution < 1.29 is 19.5 Å². The Morgan fingerprint density at radius 1 is 1.00 bits per heavy atom. The van der Waals surface area contributed by atoms with E-state index in [0.717, 1.165) is 32.1 Å². The number of aliphatic hydroxyl groups is 1. The fourth-order valence-corrected chi connectivity index (χ4v) is 10.1. The smallest absolute Gasteiger partial charge is 0.247 e. The molecular formula is C30H45N3O4S. The van der Waals surface area contributed by atoms with E-state index in [-0.39, 0.29) is 36.3 Å². The number of carbonyl (C=O) groups excluding carboxylic acids is 3. The molecule has 4 heterocycles. The Labute approximate surface area is 232 Å². The van der Waals surface area contributed by atoms with Gasteiger partial charge in [0.05, 0.1) is 29.2 Å². The normalized spacial score (nSPS) is 36.4. The van der Waals surface area contributed by atoms with Crippen LogP contribution in [-0.4, -0.2) is 91.4 Å². The average Bonchev–Trinajstić information content (AvgIpc) is 3.16. The second-order valence-corrected chi connectivity index (χ2v) is 14.4. The lowest BCUT2D eigenvalue weighted by atomic mass is 9.74. The lowest BCUT2D eigenvalue weighted by molar-refractivity contribution is -0.148. The van der Waals surface area contributed by atoms with Crippen LogP contribution in [0.4, 0.5) is 0 Å². The van der Waals surface area contributed by atoms with Crippen molar-refractivity contribution in [2.45, 2.75) is 100 Å². The third kappa shape index (κ3) is 4.34. The summed E-state index contributed by atoms with van der Waals surface area (Å²) in [6, 6.07) is -0.987. The van der Waals surface area contributed by atoms with E-state index in [2.05, 4.69) is 52.0 Å². The minimum absolute atomic E-state index is 0.00522. The first-order valence-corrected chi connectivity index (χ1v) is 15.6. The molecule has 210 valence electrons. The Kier molecular flexibility index (Phi) is 7.77. The first-order valence-electron chi connectivity index (χ1n) is 14.8. The van der Waals surface area contributed by atoms with Crippen LogP contribution < -0.4 is 0 Å². The van der Waals surface area contributed by atoms with E-state index in [1.54, 1.807) is 16.7 Å².